The van der Waals surface area contributed by atoms with Crippen LogP contribution in [0, 0.1) is 0 Å². The highest BCUT2D eigenvalue weighted by Gasteiger charge is 2.27. The van der Waals surface area contributed by atoms with Gasteiger partial charge in [-0.2, -0.15) is 0 Å². The highest BCUT2D eigenvalue weighted by atomic mass is 32.1. The standard InChI is InChI=1S/C12H12N2OS/c13-9-5-12(10-6-16-7-14-10)15-11-4-2-1-3-8(9)11/h1-4,6-7,9,12H,5,13H2. The zero-order valence-corrected chi connectivity index (χ0v) is 9.48. The number of rotatable bonds is 1. The predicted molar refractivity (Wildman–Crippen MR) is 63.5 cm³/mol. The van der Waals surface area contributed by atoms with Crippen molar-refractivity contribution in [3.05, 3.63) is 46.4 Å². The molecule has 16 heavy (non-hydrogen) atoms. The molecule has 3 rings (SSSR count). The fraction of sp³-hybridized carbons (Fsp3) is 0.250. The van der Waals surface area contributed by atoms with Gasteiger partial charge < -0.3 is 10.5 Å². The second-order valence-corrected chi connectivity index (χ2v) is 4.62. The Morgan fingerprint density at radius 3 is 3.06 bits per heavy atom. The first-order chi connectivity index (χ1) is 7.84. The molecular weight excluding hydrogens is 220 g/mol. The molecule has 1 aliphatic rings. The fourth-order valence-corrected chi connectivity index (χ4v) is 2.61. The van der Waals surface area contributed by atoms with E-state index < -0.39 is 0 Å². The number of para-hydroxylation sites is 1. The van der Waals surface area contributed by atoms with E-state index in [1.54, 1.807) is 11.3 Å². The van der Waals surface area contributed by atoms with Crippen LogP contribution in [0.5, 0.6) is 5.75 Å². The SMILES string of the molecule is NC1CC(c2cscn2)Oc2ccccc21. The molecule has 1 aromatic carbocycles. The van der Waals surface area contributed by atoms with Crippen LogP contribution in [0.25, 0.3) is 0 Å². The summed E-state index contributed by atoms with van der Waals surface area (Å²) in [6.07, 6.45) is 0.789. The lowest BCUT2D eigenvalue weighted by molar-refractivity contribution is 0.158. The molecule has 2 unspecified atom stereocenters. The molecule has 1 aliphatic heterocycles. The summed E-state index contributed by atoms with van der Waals surface area (Å²) in [5.41, 5.74) is 10.0. The third kappa shape index (κ3) is 1.60. The zero-order valence-electron chi connectivity index (χ0n) is 8.67. The molecule has 0 saturated heterocycles. The Kier molecular flexibility index (Phi) is 2.38. The summed E-state index contributed by atoms with van der Waals surface area (Å²) in [4.78, 5) is 4.29. The lowest BCUT2D eigenvalue weighted by atomic mass is 9.96. The van der Waals surface area contributed by atoms with Crippen LogP contribution in [0.1, 0.15) is 29.8 Å². The summed E-state index contributed by atoms with van der Waals surface area (Å²) >= 11 is 1.58. The zero-order chi connectivity index (χ0) is 11.0. The normalized spacial score (nSPS) is 23.6. The molecular formula is C12H12N2OS. The number of hydrogen-bond acceptors (Lipinski definition) is 4. The average molecular weight is 232 g/mol. The number of benzene rings is 1. The highest BCUT2D eigenvalue weighted by Crippen LogP contribution is 2.38. The molecule has 2 N–H and O–H groups in total. The minimum Gasteiger partial charge on any atom is -0.484 e. The van der Waals surface area contributed by atoms with E-state index in [0.29, 0.717) is 0 Å². The molecule has 0 aliphatic carbocycles. The van der Waals surface area contributed by atoms with E-state index >= 15 is 0 Å². The Morgan fingerprint density at radius 1 is 1.38 bits per heavy atom. The number of nitrogens with two attached hydrogens (primary N) is 1. The van der Waals surface area contributed by atoms with Crippen molar-refractivity contribution in [3.63, 3.8) is 0 Å². The van der Waals surface area contributed by atoms with Gasteiger partial charge in [0, 0.05) is 23.4 Å². The van der Waals surface area contributed by atoms with Crippen molar-refractivity contribution in [2.45, 2.75) is 18.6 Å². The van der Waals surface area contributed by atoms with Crippen LogP contribution in [-0.4, -0.2) is 4.98 Å². The number of thiazole rings is 1. The van der Waals surface area contributed by atoms with Crippen LogP contribution in [0.4, 0.5) is 0 Å². The molecule has 2 heterocycles. The monoisotopic (exact) mass is 232 g/mol. The first kappa shape index (κ1) is 9.81. The van der Waals surface area contributed by atoms with Gasteiger partial charge in [0.2, 0.25) is 0 Å². The van der Waals surface area contributed by atoms with E-state index in [2.05, 4.69) is 4.98 Å². The van der Waals surface area contributed by atoms with Crippen LogP contribution in [0.2, 0.25) is 0 Å². The van der Waals surface area contributed by atoms with Crippen LogP contribution in [0.3, 0.4) is 0 Å². The second kappa shape index (κ2) is 3.88. The van der Waals surface area contributed by atoms with Crippen molar-refractivity contribution in [1.29, 1.82) is 0 Å². The molecule has 4 heteroatoms. The summed E-state index contributed by atoms with van der Waals surface area (Å²) in [5, 5.41) is 2.02. The maximum absolute atomic E-state index is 6.14. The maximum Gasteiger partial charge on any atom is 0.143 e. The van der Waals surface area contributed by atoms with Gasteiger partial charge >= 0.3 is 0 Å². The van der Waals surface area contributed by atoms with Crippen molar-refractivity contribution in [2.24, 2.45) is 5.73 Å². The number of fused-ring (bicyclic) bond motifs is 1. The molecule has 0 fully saturated rings. The van der Waals surface area contributed by atoms with Gasteiger partial charge in [-0.15, -0.1) is 11.3 Å². The van der Waals surface area contributed by atoms with Gasteiger partial charge in [-0.25, -0.2) is 4.98 Å². The van der Waals surface area contributed by atoms with Gasteiger partial charge in [0.15, 0.2) is 0 Å². The largest absolute Gasteiger partial charge is 0.484 e. The molecule has 3 nitrogen and oxygen atoms in total. The van der Waals surface area contributed by atoms with Gasteiger partial charge in [-0.05, 0) is 6.07 Å². The molecule has 1 aromatic heterocycles. The first-order valence-corrected chi connectivity index (χ1v) is 6.18. The van der Waals surface area contributed by atoms with Gasteiger partial charge in [0.1, 0.15) is 11.9 Å². The summed E-state index contributed by atoms with van der Waals surface area (Å²) in [5.74, 6) is 0.888. The maximum atomic E-state index is 6.14. The topological polar surface area (TPSA) is 48.1 Å². The lowest BCUT2D eigenvalue weighted by Crippen LogP contribution is -2.24. The number of nitrogens with zero attached hydrogens (tertiary/aromatic N) is 1. The van der Waals surface area contributed by atoms with Gasteiger partial charge in [-0.1, -0.05) is 18.2 Å². The quantitative estimate of drug-likeness (QED) is 0.822. The van der Waals surface area contributed by atoms with Gasteiger partial charge in [-0.3, -0.25) is 0 Å². The average Bonchev–Trinajstić information content (AvgIpc) is 2.82. The van der Waals surface area contributed by atoms with Crippen LogP contribution >= 0.6 is 11.3 Å². The van der Waals surface area contributed by atoms with Crippen molar-refractivity contribution in [2.75, 3.05) is 0 Å². The van der Waals surface area contributed by atoms with Crippen molar-refractivity contribution in [3.8, 4) is 5.75 Å². The minimum absolute atomic E-state index is 0.00356. The Bertz CT molecular complexity index is 484. The third-order valence-corrected chi connectivity index (χ3v) is 3.44. The third-order valence-electron chi connectivity index (χ3n) is 2.84. The van der Waals surface area contributed by atoms with Crippen molar-refractivity contribution >= 4 is 11.3 Å². The van der Waals surface area contributed by atoms with E-state index in [4.69, 9.17) is 10.5 Å². The Morgan fingerprint density at radius 2 is 2.25 bits per heavy atom. The highest BCUT2D eigenvalue weighted by molar-refractivity contribution is 7.07. The predicted octanol–water partition coefficient (Wildman–Crippen LogP) is 2.67. The fourth-order valence-electron chi connectivity index (χ4n) is 2.02. The van der Waals surface area contributed by atoms with E-state index in [1.807, 2.05) is 35.2 Å². The first-order valence-electron chi connectivity index (χ1n) is 5.24. The number of aromatic nitrogens is 1. The van der Waals surface area contributed by atoms with Gasteiger partial charge in [0.05, 0.1) is 11.2 Å². The van der Waals surface area contributed by atoms with Gasteiger partial charge in [0.25, 0.3) is 0 Å². The van der Waals surface area contributed by atoms with E-state index in [9.17, 15) is 0 Å². The molecule has 0 saturated carbocycles. The molecule has 82 valence electrons. The Balaban J connectivity index is 1.95. The molecule has 0 bridgehead atoms. The minimum atomic E-state index is -0.00356. The van der Waals surface area contributed by atoms with Crippen molar-refractivity contribution in [1.82, 2.24) is 4.98 Å². The summed E-state index contributed by atoms with van der Waals surface area (Å²) in [7, 11) is 0. The van der Waals surface area contributed by atoms with Crippen LogP contribution < -0.4 is 10.5 Å². The number of ether oxygens (including phenoxy) is 1. The van der Waals surface area contributed by atoms with E-state index in [-0.39, 0.29) is 12.1 Å². The smallest absolute Gasteiger partial charge is 0.143 e. The Hall–Kier alpha value is -1.39. The van der Waals surface area contributed by atoms with E-state index in [0.717, 1.165) is 23.4 Å². The van der Waals surface area contributed by atoms with Crippen molar-refractivity contribution < 1.29 is 4.74 Å². The van der Waals surface area contributed by atoms with Crippen LogP contribution in [0.15, 0.2) is 35.2 Å². The summed E-state index contributed by atoms with van der Waals surface area (Å²) < 4.78 is 5.91. The lowest BCUT2D eigenvalue weighted by Gasteiger charge is -2.29. The summed E-state index contributed by atoms with van der Waals surface area (Å²) in [6, 6.07) is 7.99. The van der Waals surface area contributed by atoms with E-state index in [1.165, 1.54) is 0 Å². The summed E-state index contributed by atoms with van der Waals surface area (Å²) in [6.45, 7) is 0. The second-order valence-electron chi connectivity index (χ2n) is 3.90. The molecule has 0 amide bonds. The van der Waals surface area contributed by atoms with Crippen LogP contribution in [-0.2, 0) is 0 Å². The number of hydrogen-bond donors (Lipinski definition) is 1. The molecule has 0 spiro atoms. The molecule has 2 aromatic rings. The Labute approximate surface area is 97.9 Å². The molecule has 2 atom stereocenters. The molecule has 0 radical (unpaired) electrons.